The molecule has 0 bridgehead atoms. The molecule has 0 heterocycles. The average Bonchev–Trinajstić information content (AvgIpc) is 2.05. The molecule has 0 aliphatic heterocycles. The van der Waals surface area contributed by atoms with E-state index < -0.39 is 0 Å². The minimum absolute atomic E-state index is 0.661. The summed E-state index contributed by atoms with van der Waals surface area (Å²) in [5.41, 5.74) is 0. The molecule has 1 N–H and O–H groups in total. The molecule has 2 nitrogen and oxygen atoms in total. The maximum absolute atomic E-state index is 7.53. The zero-order chi connectivity index (χ0) is 8.69. The molecule has 0 aliphatic rings. The summed E-state index contributed by atoms with van der Waals surface area (Å²) in [7, 11) is 0. The molecule has 0 saturated carbocycles. The first-order valence-electron chi connectivity index (χ1n) is 4.22. The number of amidine groups is 1. The quantitative estimate of drug-likeness (QED) is 0.478. The summed E-state index contributed by atoms with van der Waals surface area (Å²) in [4.78, 5) is 1.91. The zero-order valence-corrected chi connectivity index (χ0v) is 7.56. The van der Waals surface area contributed by atoms with Gasteiger partial charge in [0.15, 0.2) is 0 Å². The predicted molar refractivity (Wildman–Crippen MR) is 49.8 cm³/mol. The van der Waals surface area contributed by atoms with E-state index in [0.717, 1.165) is 19.4 Å². The van der Waals surface area contributed by atoms with Crippen LogP contribution in [0.4, 0.5) is 0 Å². The second kappa shape index (κ2) is 5.96. The van der Waals surface area contributed by atoms with Crippen LogP contribution in [0.3, 0.4) is 0 Å². The number of hydrogen-bond acceptors (Lipinski definition) is 1. The third kappa shape index (κ3) is 3.81. The van der Waals surface area contributed by atoms with Gasteiger partial charge in [-0.1, -0.05) is 26.8 Å². The van der Waals surface area contributed by atoms with Crippen LogP contribution < -0.4 is 0 Å². The van der Waals surface area contributed by atoms with Crippen molar-refractivity contribution >= 4 is 5.84 Å². The van der Waals surface area contributed by atoms with Crippen molar-refractivity contribution in [3.8, 4) is 0 Å². The van der Waals surface area contributed by atoms with Crippen molar-refractivity contribution in [1.29, 1.82) is 5.41 Å². The molecule has 0 spiro atoms. The fraction of sp³-hybridized carbons (Fsp3) is 0.667. The van der Waals surface area contributed by atoms with Crippen molar-refractivity contribution in [3.63, 3.8) is 0 Å². The second-order valence-electron chi connectivity index (χ2n) is 2.53. The smallest absolute Gasteiger partial charge is 0.0994 e. The summed E-state index contributed by atoms with van der Waals surface area (Å²) in [6.45, 7) is 8.75. The van der Waals surface area contributed by atoms with Crippen LogP contribution >= 0.6 is 0 Å². The summed E-state index contributed by atoms with van der Waals surface area (Å²) >= 11 is 0. The Labute approximate surface area is 69.4 Å². The van der Waals surface area contributed by atoms with Gasteiger partial charge in [0.2, 0.25) is 0 Å². The highest BCUT2D eigenvalue weighted by atomic mass is 15.1. The molecular formula is C9H18N2. The topological polar surface area (TPSA) is 27.1 Å². The first-order valence-corrected chi connectivity index (χ1v) is 4.22. The molecule has 11 heavy (non-hydrogen) atoms. The minimum Gasteiger partial charge on any atom is -0.338 e. The number of rotatable bonds is 5. The molecule has 0 atom stereocenters. The van der Waals surface area contributed by atoms with Crippen LogP contribution in [0.1, 0.15) is 33.1 Å². The predicted octanol–water partition coefficient (Wildman–Crippen LogP) is 2.62. The Hall–Kier alpha value is -0.790. The van der Waals surface area contributed by atoms with Crippen molar-refractivity contribution in [2.45, 2.75) is 33.1 Å². The number of nitrogens with zero attached hydrogens (tertiary/aromatic N) is 1. The first-order chi connectivity index (χ1) is 5.26. The molecular weight excluding hydrogens is 136 g/mol. The number of hydrogen-bond donors (Lipinski definition) is 1. The number of unbranched alkanes of at least 4 members (excludes halogenated alkanes) is 1. The maximum Gasteiger partial charge on any atom is 0.0994 e. The van der Waals surface area contributed by atoms with Crippen molar-refractivity contribution in [1.82, 2.24) is 4.90 Å². The summed E-state index contributed by atoms with van der Waals surface area (Å²) in [6, 6.07) is 0. The van der Waals surface area contributed by atoms with Gasteiger partial charge in [-0.2, -0.15) is 0 Å². The molecule has 0 rings (SSSR count). The lowest BCUT2D eigenvalue weighted by atomic mass is 10.3. The molecule has 0 saturated heterocycles. The van der Waals surface area contributed by atoms with Crippen LogP contribution in [0.25, 0.3) is 0 Å². The molecule has 2 heteroatoms. The summed E-state index contributed by atoms with van der Waals surface area (Å²) in [5, 5.41) is 7.53. The second-order valence-corrected chi connectivity index (χ2v) is 2.53. The van der Waals surface area contributed by atoms with Crippen LogP contribution in [0.15, 0.2) is 12.8 Å². The standard InChI is InChI=1S/C9H18N2/c1-4-7-8-11(6-3)9(10)5-2/h6,10H,3-5,7-8H2,1-2H3. The lowest BCUT2D eigenvalue weighted by Gasteiger charge is -2.18. The Morgan fingerprint density at radius 1 is 1.55 bits per heavy atom. The zero-order valence-electron chi connectivity index (χ0n) is 7.56. The Balaban J connectivity index is 3.74. The molecule has 0 aliphatic carbocycles. The molecule has 0 radical (unpaired) electrons. The Bertz CT molecular complexity index is 130. The van der Waals surface area contributed by atoms with Gasteiger partial charge in [0, 0.05) is 13.0 Å². The monoisotopic (exact) mass is 154 g/mol. The van der Waals surface area contributed by atoms with Crippen LogP contribution in [-0.2, 0) is 0 Å². The normalized spacial score (nSPS) is 9.27. The Morgan fingerprint density at radius 3 is 2.55 bits per heavy atom. The van der Waals surface area contributed by atoms with Crippen LogP contribution in [0.2, 0.25) is 0 Å². The van der Waals surface area contributed by atoms with Gasteiger partial charge in [-0.25, -0.2) is 0 Å². The van der Waals surface area contributed by atoms with E-state index in [1.165, 1.54) is 6.42 Å². The van der Waals surface area contributed by atoms with Crippen molar-refractivity contribution in [3.05, 3.63) is 12.8 Å². The highest BCUT2D eigenvalue weighted by Gasteiger charge is 2.01. The minimum atomic E-state index is 0.661. The van der Waals surface area contributed by atoms with E-state index in [4.69, 9.17) is 5.41 Å². The van der Waals surface area contributed by atoms with Crippen molar-refractivity contribution in [2.75, 3.05) is 6.54 Å². The van der Waals surface area contributed by atoms with Gasteiger partial charge in [-0.05, 0) is 12.6 Å². The SMILES string of the molecule is C=CN(CCCC)C(=N)CC. The van der Waals surface area contributed by atoms with E-state index >= 15 is 0 Å². The van der Waals surface area contributed by atoms with Crippen LogP contribution in [-0.4, -0.2) is 17.3 Å². The lowest BCUT2D eigenvalue weighted by molar-refractivity contribution is 0.516. The summed E-state index contributed by atoms with van der Waals surface area (Å²) in [6.07, 6.45) is 4.83. The third-order valence-corrected chi connectivity index (χ3v) is 1.65. The maximum atomic E-state index is 7.53. The van der Waals surface area contributed by atoms with Gasteiger partial charge in [-0.3, -0.25) is 5.41 Å². The van der Waals surface area contributed by atoms with Gasteiger partial charge in [0.05, 0.1) is 5.84 Å². The van der Waals surface area contributed by atoms with Gasteiger partial charge in [0.25, 0.3) is 0 Å². The van der Waals surface area contributed by atoms with E-state index in [1.807, 2.05) is 11.8 Å². The molecule has 0 aromatic rings. The summed E-state index contributed by atoms with van der Waals surface area (Å²) in [5.74, 6) is 0.661. The molecule has 0 fully saturated rings. The fourth-order valence-electron chi connectivity index (χ4n) is 0.868. The van der Waals surface area contributed by atoms with Gasteiger partial charge in [0.1, 0.15) is 0 Å². The van der Waals surface area contributed by atoms with Crippen LogP contribution in [0.5, 0.6) is 0 Å². The average molecular weight is 154 g/mol. The van der Waals surface area contributed by atoms with E-state index in [2.05, 4.69) is 13.5 Å². The fourth-order valence-corrected chi connectivity index (χ4v) is 0.868. The number of nitrogens with one attached hydrogen (secondary N) is 1. The van der Waals surface area contributed by atoms with E-state index in [9.17, 15) is 0 Å². The van der Waals surface area contributed by atoms with Crippen LogP contribution in [0, 0.1) is 5.41 Å². The van der Waals surface area contributed by atoms with Crippen molar-refractivity contribution in [2.24, 2.45) is 0 Å². The first kappa shape index (κ1) is 10.2. The van der Waals surface area contributed by atoms with E-state index in [1.54, 1.807) is 6.20 Å². The van der Waals surface area contributed by atoms with Gasteiger partial charge < -0.3 is 4.90 Å². The van der Waals surface area contributed by atoms with Crippen molar-refractivity contribution < 1.29 is 0 Å². The molecule has 0 aromatic carbocycles. The molecule has 0 amide bonds. The van der Waals surface area contributed by atoms with Gasteiger partial charge in [-0.15, -0.1) is 0 Å². The Kier molecular flexibility index (Phi) is 5.53. The highest BCUT2D eigenvalue weighted by Crippen LogP contribution is 1.98. The summed E-state index contributed by atoms with van der Waals surface area (Å²) < 4.78 is 0. The lowest BCUT2D eigenvalue weighted by Crippen LogP contribution is -2.24. The van der Waals surface area contributed by atoms with Gasteiger partial charge >= 0.3 is 0 Å². The highest BCUT2D eigenvalue weighted by molar-refractivity contribution is 5.79. The largest absolute Gasteiger partial charge is 0.338 e. The Morgan fingerprint density at radius 2 is 2.18 bits per heavy atom. The van der Waals surface area contributed by atoms with E-state index in [-0.39, 0.29) is 0 Å². The molecule has 0 unspecified atom stereocenters. The molecule has 64 valence electrons. The third-order valence-electron chi connectivity index (χ3n) is 1.65. The molecule has 0 aromatic heterocycles. The van der Waals surface area contributed by atoms with E-state index in [0.29, 0.717) is 5.84 Å².